The van der Waals surface area contributed by atoms with Crippen LogP contribution in [0.3, 0.4) is 0 Å². The van der Waals surface area contributed by atoms with E-state index in [-0.39, 0.29) is 5.75 Å². The highest BCUT2D eigenvalue weighted by Crippen LogP contribution is 2.35. The van der Waals surface area contributed by atoms with E-state index in [2.05, 4.69) is 25.8 Å². The second-order valence-electron chi connectivity index (χ2n) is 6.30. The fourth-order valence-electron chi connectivity index (χ4n) is 3.29. The molecule has 1 aromatic carbocycles. The van der Waals surface area contributed by atoms with Crippen LogP contribution in [0.4, 0.5) is 5.82 Å². The van der Waals surface area contributed by atoms with Crippen LogP contribution in [0.25, 0.3) is 33.6 Å². The standard InChI is InChI=1S/C19H15BrN4O3/c20-12-8-11(9-13(25)10-12)17-22-15-14-2-1-3-21-19(14)27-16(15)18(23-17)24-4-6-26-7-5-24/h1-3,8-10,25H,4-7H2. The summed E-state index contributed by atoms with van der Waals surface area (Å²) in [6.45, 7) is 2.72. The number of ether oxygens (including phenoxy) is 1. The highest BCUT2D eigenvalue weighted by molar-refractivity contribution is 9.10. The number of rotatable bonds is 2. The lowest BCUT2D eigenvalue weighted by molar-refractivity contribution is 0.122. The van der Waals surface area contributed by atoms with Crippen molar-refractivity contribution in [3.05, 3.63) is 41.0 Å². The van der Waals surface area contributed by atoms with E-state index in [9.17, 15) is 5.11 Å². The van der Waals surface area contributed by atoms with Crippen LogP contribution >= 0.6 is 15.9 Å². The lowest BCUT2D eigenvalue weighted by Crippen LogP contribution is -2.37. The van der Waals surface area contributed by atoms with E-state index in [0.29, 0.717) is 35.9 Å². The van der Waals surface area contributed by atoms with Gasteiger partial charge in [0.05, 0.1) is 18.6 Å². The number of halogens is 1. The summed E-state index contributed by atoms with van der Waals surface area (Å²) in [6, 6.07) is 8.95. The van der Waals surface area contributed by atoms with Crippen LogP contribution in [-0.2, 0) is 4.74 Å². The number of pyridine rings is 1. The molecule has 1 saturated heterocycles. The summed E-state index contributed by atoms with van der Waals surface area (Å²) in [5, 5.41) is 10.8. The van der Waals surface area contributed by atoms with E-state index >= 15 is 0 Å². The molecule has 0 bridgehead atoms. The summed E-state index contributed by atoms with van der Waals surface area (Å²) in [5.41, 5.74) is 2.58. The maximum atomic E-state index is 9.98. The van der Waals surface area contributed by atoms with E-state index in [1.165, 1.54) is 0 Å². The van der Waals surface area contributed by atoms with Gasteiger partial charge in [-0.15, -0.1) is 0 Å². The molecule has 27 heavy (non-hydrogen) atoms. The van der Waals surface area contributed by atoms with E-state index < -0.39 is 0 Å². The van der Waals surface area contributed by atoms with Crippen LogP contribution in [0.15, 0.2) is 45.4 Å². The molecule has 0 amide bonds. The number of nitrogens with zero attached hydrogens (tertiary/aromatic N) is 4. The number of aromatic nitrogens is 3. The topological polar surface area (TPSA) is 84.5 Å². The Morgan fingerprint density at radius 1 is 1.11 bits per heavy atom. The molecular formula is C19H15BrN4O3. The molecule has 0 radical (unpaired) electrons. The van der Waals surface area contributed by atoms with E-state index in [1.54, 1.807) is 18.3 Å². The molecule has 0 atom stereocenters. The van der Waals surface area contributed by atoms with Crippen molar-refractivity contribution in [3.63, 3.8) is 0 Å². The SMILES string of the molecule is Oc1cc(Br)cc(-c2nc(N3CCOCC3)c3oc4ncccc4c3n2)c1. The molecule has 1 N–H and O–H groups in total. The first-order valence-electron chi connectivity index (χ1n) is 8.57. The third kappa shape index (κ3) is 2.90. The summed E-state index contributed by atoms with van der Waals surface area (Å²) in [6.07, 6.45) is 1.69. The number of benzene rings is 1. The quantitative estimate of drug-likeness (QED) is 0.522. The maximum absolute atomic E-state index is 9.98. The number of phenols is 1. The van der Waals surface area contributed by atoms with Gasteiger partial charge in [-0.25, -0.2) is 15.0 Å². The molecule has 0 spiro atoms. The molecular weight excluding hydrogens is 412 g/mol. The molecule has 5 rings (SSSR count). The zero-order chi connectivity index (χ0) is 18.4. The molecule has 0 unspecified atom stereocenters. The molecule has 0 aliphatic carbocycles. The van der Waals surface area contributed by atoms with Gasteiger partial charge in [-0.1, -0.05) is 15.9 Å². The molecule has 1 aliphatic heterocycles. The van der Waals surface area contributed by atoms with Crippen LogP contribution in [0.2, 0.25) is 0 Å². The van der Waals surface area contributed by atoms with Gasteiger partial charge in [-0.3, -0.25) is 0 Å². The molecule has 136 valence electrons. The Balaban J connectivity index is 1.79. The Bertz CT molecular complexity index is 1130. The Kier molecular flexibility index (Phi) is 3.95. The molecule has 4 aromatic rings. The van der Waals surface area contributed by atoms with Crippen LogP contribution in [0, 0.1) is 0 Å². The number of phenolic OH excluding ortho intramolecular Hbond substituents is 1. The minimum Gasteiger partial charge on any atom is -0.508 e. The van der Waals surface area contributed by atoms with Gasteiger partial charge >= 0.3 is 0 Å². The number of hydrogen-bond acceptors (Lipinski definition) is 7. The van der Waals surface area contributed by atoms with E-state index in [1.807, 2.05) is 18.2 Å². The number of hydrogen-bond donors (Lipinski definition) is 1. The Labute approximate surface area is 162 Å². The zero-order valence-corrected chi connectivity index (χ0v) is 15.8. The number of anilines is 1. The summed E-state index contributed by atoms with van der Waals surface area (Å²) >= 11 is 3.42. The average molecular weight is 427 g/mol. The molecule has 0 saturated carbocycles. The van der Waals surface area contributed by atoms with Gasteiger partial charge in [-0.2, -0.15) is 0 Å². The lowest BCUT2D eigenvalue weighted by Gasteiger charge is -2.27. The minimum absolute atomic E-state index is 0.148. The average Bonchev–Trinajstić information content (AvgIpc) is 3.06. The van der Waals surface area contributed by atoms with Crippen LogP contribution in [0.5, 0.6) is 5.75 Å². The van der Waals surface area contributed by atoms with Crippen molar-refractivity contribution in [1.82, 2.24) is 15.0 Å². The highest BCUT2D eigenvalue weighted by atomic mass is 79.9. The molecule has 1 fully saturated rings. The minimum atomic E-state index is 0.148. The maximum Gasteiger partial charge on any atom is 0.229 e. The van der Waals surface area contributed by atoms with Gasteiger partial charge in [-0.05, 0) is 30.3 Å². The van der Waals surface area contributed by atoms with Gasteiger partial charge < -0.3 is 19.2 Å². The van der Waals surface area contributed by atoms with Crippen molar-refractivity contribution < 1.29 is 14.3 Å². The van der Waals surface area contributed by atoms with Gasteiger partial charge in [0.2, 0.25) is 5.71 Å². The third-order valence-corrected chi connectivity index (χ3v) is 4.98. The number of furan rings is 1. The lowest BCUT2D eigenvalue weighted by atomic mass is 10.2. The van der Waals surface area contributed by atoms with Crippen molar-refractivity contribution in [1.29, 1.82) is 0 Å². The highest BCUT2D eigenvalue weighted by Gasteiger charge is 2.23. The third-order valence-electron chi connectivity index (χ3n) is 4.52. The first kappa shape index (κ1) is 16.5. The second kappa shape index (κ2) is 6.47. The molecule has 4 heterocycles. The molecule has 1 aliphatic rings. The normalized spacial score (nSPS) is 14.9. The second-order valence-corrected chi connectivity index (χ2v) is 7.22. The monoisotopic (exact) mass is 426 g/mol. The van der Waals surface area contributed by atoms with Gasteiger partial charge in [0.25, 0.3) is 0 Å². The Hall–Kier alpha value is -2.71. The van der Waals surface area contributed by atoms with E-state index in [0.717, 1.165) is 34.3 Å². The number of aromatic hydroxyl groups is 1. The fourth-order valence-corrected chi connectivity index (χ4v) is 3.77. The van der Waals surface area contributed by atoms with Crippen LogP contribution in [0.1, 0.15) is 0 Å². The predicted molar refractivity (Wildman–Crippen MR) is 105 cm³/mol. The van der Waals surface area contributed by atoms with Crippen molar-refractivity contribution >= 4 is 43.9 Å². The number of morpholine rings is 1. The summed E-state index contributed by atoms with van der Waals surface area (Å²) < 4.78 is 12.2. The van der Waals surface area contributed by atoms with Crippen LogP contribution in [-0.4, -0.2) is 46.4 Å². The molecule has 3 aromatic heterocycles. The van der Waals surface area contributed by atoms with Crippen molar-refractivity contribution in [3.8, 4) is 17.1 Å². The smallest absolute Gasteiger partial charge is 0.229 e. The zero-order valence-electron chi connectivity index (χ0n) is 14.2. The summed E-state index contributed by atoms with van der Waals surface area (Å²) in [4.78, 5) is 16.0. The van der Waals surface area contributed by atoms with Gasteiger partial charge in [0, 0.05) is 29.3 Å². The van der Waals surface area contributed by atoms with Gasteiger partial charge in [0.1, 0.15) is 11.3 Å². The van der Waals surface area contributed by atoms with Crippen molar-refractivity contribution in [2.45, 2.75) is 0 Å². The number of fused-ring (bicyclic) bond motifs is 3. The Morgan fingerprint density at radius 2 is 1.96 bits per heavy atom. The summed E-state index contributed by atoms with van der Waals surface area (Å²) in [7, 11) is 0. The first-order chi connectivity index (χ1) is 13.2. The van der Waals surface area contributed by atoms with E-state index in [4.69, 9.17) is 19.1 Å². The van der Waals surface area contributed by atoms with Crippen LogP contribution < -0.4 is 4.90 Å². The fraction of sp³-hybridized carbons (Fsp3) is 0.211. The first-order valence-corrected chi connectivity index (χ1v) is 9.36. The molecule has 8 heteroatoms. The van der Waals surface area contributed by atoms with Gasteiger partial charge in [0.15, 0.2) is 17.2 Å². The molecule has 7 nitrogen and oxygen atoms in total. The Morgan fingerprint density at radius 3 is 2.78 bits per heavy atom. The van der Waals surface area contributed by atoms with Crippen molar-refractivity contribution in [2.75, 3.05) is 31.2 Å². The predicted octanol–water partition coefficient (Wildman–Crippen LogP) is 3.74. The summed E-state index contributed by atoms with van der Waals surface area (Å²) in [5.74, 6) is 1.39. The van der Waals surface area contributed by atoms with Crippen molar-refractivity contribution in [2.24, 2.45) is 0 Å². The largest absolute Gasteiger partial charge is 0.508 e.